The Bertz CT molecular complexity index is 191. The van der Waals surface area contributed by atoms with Crippen molar-refractivity contribution in [2.45, 2.75) is 12.0 Å². The van der Waals surface area contributed by atoms with Crippen LogP contribution in [-0.4, -0.2) is 57.0 Å². The van der Waals surface area contributed by atoms with Gasteiger partial charge in [-0.3, -0.25) is 4.90 Å². The average molecular weight is 214 g/mol. The predicted molar refractivity (Wildman–Crippen MR) is 60.9 cm³/mol. The van der Waals surface area contributed by atoms with Crippen molar-refractivity contribution >= 4 is 0 Å². The normalized spacial score (nSPS) is 26.1. The van der Waals surface area contributed by atoms with Gasteiger partial charge in [0.15, 0.2) is 0 Å². The Morgan fingerprint density at radius 1 is 1.67 bits per heavy atom. The second-order valence-corrected chi connectivity index (χ2v) is 4.18. The first-order valence-electron chi connectivity index (χ1n) is 5.39. The molecule has 0 radical (unpaired) electrons. The maximum Gasteiger partial charge on any atom is 0.0659 e. The van der Waals surface area contributed by atoms with Crippen molar-refractivity contribution in [2.75, 3.05) is 46.6 Å². The lowest BCUT2D eigenvalue weighted by atomic mass is 9.99. The first kappa shape index (κ1) is 12.6. The Balaban J connectivity index is 2.37. The van der Waals surface area contributed by atoms with Crippen LogP contribution in [0.5, 0.6) is 0 Å². The van der Waals surface area contributed by atoms with E-state index < -0.39 is 0 Å². The number of nitrogens with two attached hydrogens (primary N) is 1. The maximum atomic E-state index is 6.22. The Morgan fingerprint density at radius 2 is 2.47 bits per heavy atom. The molecule has 4 heteroatoms. The van der Waals surface area contributed by atoms with Crippen LogP contribution < -0.4 is 5.73 Å². The fraction of sp³-hybridized carbons (Fsp3) is 0.818. The molecule has 0 spiro atoms. The Hall–Kier alpha value is -0.420. The zero-order valence-corrected chi connectivity index (χ0v) is 9.58. The zero-order chi connectivity index (χ0) is 11.1. The van der Waals surface area contributed by atoms with Crippen LogP contribution >= 0.6 is 0 Å². The molecule has 1 heterocycles. The Labute approximate surface area is 92.0 Å². The van der Waals surface area contributed by atoms with E-state index in [4.69, 9.17) is 15.2 Å². The number of methoxy groups -OCH3 is 1. The second-order valence-electron chi connectivity index (χ2n) is 4.18. The van der Waals surface area contributed by atoms with Crippen molar-refractivity contribution in [1.82, 2.24) is 4.90 Å². The van der Waals surface area contributed by atoms with Crippen molar-refractivity contribution in [3.05, 3.63) is 12.7 Å². The van der Waals surface area contributed by atoms with Crippen LogP contribution in [0.2, 0.25) is 0 Å². The highest BCUT2D eigenvalue weighted by atomic mass is 16.5. The molecule has 1 rings (SSSR count). The van der Waals surface area contributed by atoms with Crippen LogP contribution in [-0.2, 0) is 9.47 Å². The minimum Gasteiger partial charge on any atom is -0.383 e. The summed E-state index contributed by atoms with van der Waals surface area (Å²) in [4.78, 5) is 2.26. The van der Waals surface area contributed by atoms with E-state index in [1.54, 1.807) is 7.11 Å². The fourth-order valence-electron chi connectivity index (χ4n) is 1.83. The van der Waals surface area contributed by atoms with E-state index in [2.05, 4.69) is 11.5 Å². The molecular formula is C11H22N2O2. The molecule has 0 amide bonds. The predicted octanol–water partition coefficient (Wildman–Crippen LogP) is 0.239. The van der Waals surface area contributed by atoms with Gasteiger partial charge in [0.1, 0.15) is 0 Å². The van der Waals surface area contributed by atoms with E-state index in [1.165, 1.54) is 0 Å². The lowest BCUT2D eigenvalue weighted by molar-refractivity contribution is 0.126. The van der Waals surface area contributed by atoms with E-state index in [1.807, 2.05) is 6.08 Å². The zero-order valence-electron chi connectivity index (χ0n) is 9.58. The van der Waals surface area contributed by atoms with Crippen LogP contribution in [0, 0.1) is 0 Å². The average Bonchev–Trinajstić information content (AvgIpc) is 2.62. The summed E-state index contributed by atoms with van der Waals surface area (Å²) < 4.78 is 10.4. The number of hydrogen-bond acceptors (Lipinski definition) is 4. The van der Waals surface area contributed by atoms with Gasteiger partial charge in [-0.15, -0.1) is 6.58 Å². The third-order valence-electron chi connectivity index (χ3n) is 2.67. The minimum absolute atomic E-state index is 0.184. The van der Waals surface area contributed by atoms with Gasteiger partial charge in [0.25, 0.3) is 0 Å². The number of nitrogens with zero attached hydrogens (tertiary/aromatic N) is 1. The Kier molecular flexibility index (Phi) is 5.25. The molecule has 1 saturated heterocycles. The lowest BCUT2D eigenvalue weighted by Crippen LogP contribution is -2.51. The summed E-state index contributed by atoms with van der Waals surface area (Å²) >= 11 is 0. The molecule has 1 unspecified atom stereocenters. The molecule has 0 aromatic rings. The van der Waals surface area contributed by atoms with Gasteiger partial charge < -0.3 is 15.2 Å². The van der Waals surface area contributed by atoms with Crippen LogP contribution in [0.25, 0.3) is 0 Å². The molecule has 0 saturated carbocycles. The molecule has 0 bridgehead atoms. The van der Waals surface area contributed by atoms with E-state index in [0.717, 1.165) is 39.3 Å². The fourth-order valence-corrected chi connectivity index (χ4v) is 1.83. The van der Waals surface area contributed by atoms with E-state index in [9.17, 15) is 0 Å². The summed E-state index contributed by atoms with van der Waals surface area (Å²) in [5.74, 6) is 0. The molecule has 0 aromatic carbocycles. The second kappa shape index (κ2) is 6.23. The SMILES string of the molecule is C=CCN(CCOC)CC1(N)CCOC1. The highest BCUT2D eigenvalue weighted by Crippen LogP contribution is 2.16. The smallest absolute Gasteiger partial charge is 0.0659 e. The number of rotatable bonds is 7. The minimum atomic E-state index is -0.184. The summed E-state index contributed by atoms with van der Waals surface area (Å²) in [6.07, 6.45) is 2.84. The third-order valence-corrected chi connectivity index (χ3v) is 2.67. The first-order chi connectivity index (χ1) is 7.20. The third kappa shape index (κ3) is 4.30. The lowest BCUT2D eigenvalue weighted by Gasteiger charge is -2.30. The molecule has 2 N–H and O–H groups in total. The van der Waals surface area contributed by atoms with E-state index in [-0.39, 0.29) is 5.54 Å². The first-order valence-corrected chi connectivity index (χ1v) is 5.39. The van der Waals surface area contributed by atoms with Gasteiger partial charge in [0, 0.05) is 33.4 Å². The molecule has 0 aromatic heterocycles. The molecule has 1 aliphatic rings. The highest BCUT2D eigenvalue weighted by molar-refractivity contribution is 4.92. The van der Waals surface area contributed by atoms with Crippen molar-refractivity contribution in [1.29, 1.82) is 0 Å². The summed E-state index contributed by atoms with van der Waals surface area (Å²) in [5.41, 5.74) is 6.04. The molecule has 15 heavy (non-hydrogen) atoms. The molecule has 1 fully saturated rings. The molecule has 0 aliphatic carbocycles. The van der Waals surface area contributed by atoms with Crippen LogP contribution in [0.4, 0.5) is 0 Å². The largest absolute Gasteiger partial charge is 0.383 e. The van der Waals surface area contributed by atoms with Gasteiger partial charge in [-0.1, -0.05) is 6.08 Å². The van der Waals surface area contributed by atoms with Crippen LogP contribution in [0.3, 0.4) is 0 Å². The van der Waals surface area contributed by atoms with Crippen molar-refractivity contribution in [3.63, 3.8) is 0 Å². The summed E-state index contributed by atoms with van der Waals surface area (Å²) in [6.45, 7) is 8.51. The van der Waals surface area contributed by atoms with Crippen LogP contribution in [0.15, 0.2) is 12.7 Å². The van der Waals surface area contributed by atoms with Gasteiger partial charge in [-0.25, -0.2) is 0 Å². The van der Waals surface area contributed by atoms with Crippen molar-refractivity contribution in [3.8, 4) is 0 Å². The standard InChI is InChI=1S/C11H22N2O2/c1-3-5-13(6-8-14-2)9-11(12)4-7-15-10-11/h3H,1,4-10,12H2,2H3. The molecule has 88 valence electrons. The number of ether oxygens (including phenoxy) is 2. The number of hydrogen-bond donors (Lipinski definition) is 1. The Morgan fingerprint density at radius 3 is 3.00 bits per heavy atom. The van der Waals surface area contributed by atoms with Crippen molar-refractivity contribution < 1.29 is 9.47 Å². The molecule has 1 atom stereocenters. The maximum absolute atomic E-state index is 6.22. The van der Waals surface area contributed by atoms with Gasteiger partial charge >= 0.3 is 0 Å². The monoisotopic (exact) mass is 214 g/mol. The molecular weight excluding hydrogens is 192 g/mol. The van der Waals surface area contributed by atoms with Crippen molar-refractivity contribution in [2.24, 2.45) is 5.73 Å². The topological polar surface area (TPSA) is 47.7 Å². The van der Waals surface area contributed by atoms with Gasteiger partial charge in [-0.2, -0.15) is 0 Å². The van der Waals surface area contributed by atoms with Gasteiger partial charge in [-0.05, 0) is 6.42 Å². The summed E-state index contributed by atoms with van der Waals surface area (Å²) in [7, 11) is 1.71. The van der Waals surface area contributed by atoms with Gasteiger partial charge in [0.2, 0.25) is 0 Å². The highest BCUT2D eigenvalue weighted by Gasteiger charge is 2.31. The quantitative estimate of drug-likeness (QED) is 0.617. The van der Waals surface area contributed by atoms with Gasteiger partial charge in [0.05, 0.1) is 18.8 Å². The summed E-state index contributed by atoms with van der Waals surface area (Å²) in [5, 5.41) is 0. The van der Waals surface area contributed by atoms with E-state index >= 15 is 0 Å². The molecule has 1 aliphatic heterocycles. The van der Waals surface area contributed by atoms with Crippen LogP contribution in [0.1, 0.15) is 6.42 Å². The molecule has 4 nitrogen and oxygen atoms in total. The van der Waals surface area contributed by atoms with E-state index in [0.29, 0.717) is 6.61 Å². The summed E-state index contributed by atoms with van der Waals surface area (Å²) in [6, 6.07) is 0.